The van der Waals surface area contributed by atoms with Crippen LogP contribution in [0.4, 0.5) is 0 Å². The summed E-state index contributed by atoms with van der Waals surface area (Å²) in [5.41, 5.74) is 8.42. The van der Waals surface area contributed by atoms with Crippen LogP contribution < -0.4 is 16.8 Å². The SMILES string of the molecule is NC(=O)CCC(N)(C(=O)O)C(=O)COCCOCCNC(=O)CCCCCCCCCCCCCCCc1nn[nH]n1. The summed E-state index contributed by atoms with van der Waals surface area (Å²) in [5.74, 6) is -2.33. The van der Waals surface area contributed by atoms with Gasteiger partial charge >= 0.3 is 5.97 Å². The molecule has 42 heavy (non-hydrogen) atoms. The van der Waals surface area contributed by atoms with E-state index in [2.05, 4.69) is 25.9 Å². The predicted octanol–water partition coefficient (Wildman–Crippen LogP) is 1.97. The number of Topliss-reactive ketones (excluding diaryl/α,β-unsaturated/α-hetero) is 1. The molecule has 2 amide bonds. The minimum Gasteiger partial charge on any atom is -0.480 e. The van der Waals surface area contributed by atoms with E-state index in [1.54, 1.807) is 0 Å². The van der Waals surface area contributed by atoms with Crippen LogP contribution in [0.15, 0.2) is 0 Å². The van der Waals surface area contributed by atoms with Crippen molar-refractivity contribution in [3.05, 3.63) is 5.82 Å². The van der Waals surface area contributed by atoms with Crippen LogP contribution in [0.5, 0.6) is 0 Å². The Morgan fingerprint density at radius 2 is 1.38 bits per heavy atom. The second kappa shape index (κ2) is 23.6. The molecule has 1 heterocycles. The summed E-state index contributed by atoms with van der Waals surface area (Å²) in [7, 11) is 0. The molecule has 0 bridgehead atoms. The number of carboxylic acid groups (broad SMARTS) is 1. The Labute approximate surface area is 248 Å². The van der Waals surface area contributed by atoms with E-state index in [1.165, 1.54) is 57.8 Å². The van der Waals surface area contributed by atoms with Crippen LogP contribution in [-0.4, -0.2) is 87.8 Å². The number of amides is 2. The van der Waals surface area contributed by atoms with Crippen molar-refractivity contribution in [2.75, 3.05) is 33.0 Å². The summed E-state index contributed by atoms with van der Waals surface area (Å²) in [4.78, 5) is 46.3. The van der Waals surface area contributed by atoms with Gasteiger partial charge < -0.3 is 31.4 Å². The van der Waals surface area contributed by atoms with Crippen LogP contribution >= 0.6 is 0 Å². The molecule has 0 aromatic carbocycles. The minimum absolute atomic E-state index is 0.000764. The molecular formula is C28H51N7O7. The van der Waals surface area contributed by atoms with E-state index in [-0.39, 0.29) is 25.5 Å². The van der Waals surface area contributed by atoms with Crippen LogP contribution in [0.25, 0.3) is 0 Å². The van der Waals surface area contributed by atoms with Gasteiger partial charge in [-0.2, -0.15) is 5.21 Å². The number of nitrogens with zero attached hydrogens (tertiary/aromatic N) is 3. The molecule has 0 aliphatic rings. The van der Waals surface area contributed by atoms with Crippen LogP contribution in [0, 0.1) is 0 Å². The molecule has 1 aromatic rings. The highest BCUT2D eigenvalue weighted by molar-refractivity contribution is 6.08. The van der Waals surface area contributed by atoms with E-state index in [4.69, 9.17) is 20.9 Å². The first kappa shape index (κ1) is 37.1. The zero-order valence-electron chi connectivity index (χ0n) is 24.9. The van der Waals surface area contributed by atoms with Gasteiger partial charge in [0.15, 0.2) is 17.1 Å². The fraction of sp³-hybridized carbons (Fsp3) is 0.821. The van der Waals surface area contributed by atoms with Crippen LogP contribution in [0.3, 0.4) is 0 Å². The number of carboxylic acids is 1. The molecular weight excluding hydrogens is 546 g/mol. The normalized spacial score (nSPS) is 12.6. The van der Waals surface area contributed by atoms with Gasteiger partial charge in [-0.15, -0.1) is 10.2 Å². The number of rotatable bonds is 29. The number of aryl methyl sites for hydroxylation is 1. The van der Waals surface area contributed by atoms with E-state index in [9.17, 15) is 24.3 Å². The van der Waals surface area contributed by atoms with Crippen molar-refractivity contribution in [3.8, 4) is 0 Å². The molecule has 0 aliphatic heterocycles. The molecule has 1 aromatic heterocycles. The van der Waals surface area contributed by atoms with Gasteiger partial charge in [-0.3, -0.25) is 14.4 Å². The third-order valence-corrected chi connectivity index (χ3v) is 7.01. The number of nitrogens with one attached hydrogen (secondary N) is 2. The van der Waals surface area contributed by atoms with Crippen molar-refractivity contribution in [3.63, 3.8) is 0 Å². The van der Waals surface area contributed by atoms with Gasteiger partial charge in [0.05, 0.1) is 19.8 Å². The van der Waals surface area contributed by atoms with Gasteiger partial charge in [-0.1, -0.05) is 75.8 Å². The molecule has 7 N–H and O–H groups in total. The Morgan fingerprint density at radius 1 is 0.810 bits per heavy atom. The van der Waals surface area contributed by atoms with Crippen molar-refractivity contribution in [2.24, 2.45) is 11.5 Å². The number of aromatic amines is 1. The summed E-state index contributed by atoms with van der Waals surface area (Å²) in [6, 6.07) is 0. The molecule has 1 rings (SSSR count). The first-order chi connectivity index (χ1) is 20.3. The first-order valence-electron chi connectivity index (χ1n) is 15.2. The Morgan fingerprint density at radius 3 is 1.93 bits per heavy atom. The quantitative estimate of drug-likeness (QED) is 0.0662. The lowest BCUT2D eigenvalue weighted by atomic mass is 9.90. The average Bonchev–Trinajstić information content (AvgIpc) is 3.48. The number of tetrazole rings is 1. The number of aromatic nitrogens is 4. The number of primary amides is 1. The molecule has 0 saturated carbocycles. The maximum atomic E-state index is 12.1. The molecule has 1 atom stereocenters. The van der Waals surface area contributed by atoms with Gasteiger partial charge in [0, 0.05) is 25.8 Å². The smallest absolute Gasteiger partial charge is 0.331 e. The summed E-state index contributed by atoms with van der Waals surface area (Å²) >= 11 is 0. The van der Waals surface area contributed by atoms with Crippen molar-refractivity contribution in [2.45, 2.75) is 115 Å². The van der Waals surface area contributed by atoms with E-state index in [0.717, 1.165) is 37.9 Å². The number of hydrogen-bond donors (Lipinski definition) is 5. The Kier molecular flexibility index (Phi) is 20.8. The lowest BCUT2D eigenvalue weighted by Gasteiger charge is -2.22. The lowest BCUT2D eigenvalue weighted by molar-refractivity contribution is -0.150. The maximum absolute atomic E-state index is 12.1. The number of ether oxygens (including phenoxy) is 2. The number of H-pyrrole nitrogens is 1. The summed E-state index contributed by atoms with van der Waals surface area (Å²) in [5, 5.41) is 26.0. The standard InChI is InChI=1S/C28H51N7O7/c29-24(37)16-17-28(30,27(39)40)23(36)22-42-21-20-41-19-18-31-26(38)15-13-11-9-7-5-3-1-2-4-6-8-10-12-14-25-32-34-35-33-25/h1-22,30H2,(H2,29,37)(H,31,38)(H,39,40)(H,32,33,34,35). The number of unbranched alkanes of at least 4 members (excludes halogenated alkanes) is 12. The summed E-state index contributed by atoms with van der Waals surface area (Å²) in [6.07, 6.45) is 16.4. The van der Waals surface area contributed by atoms with Gasteiger partial charge in [0.25, 0.3) is 0 Å². The molecule has 240 valence electrons. The number of aliphatic carboxylic acids is 1. The number of carbonyl (C=O) groups is 4. The second-order valence-corrected chi connectivity index (χ2v) is 10.6. The number of nitrogens with two attached hydrogens (primary N) is 2. The molecule has 0 radical (unpaired) electrons. The van der Waals surface area contributed by atoms with Crippen molar-refractivity contribution in [1.82, 2.24) is 25.9 Å². The molecule has 14 heteroatoms. The third kappa shape index (κ3) is 18.5. The van der Waals surface area contributed by atoms with Crippen LogP contribution in [-0.2, 0) is 35.1 Å². The first-order valence-corrected chi connectivity index (χ1v) is 15.2. The number of ketones is 1. The molecule has 0 spiro atoms. The fourth-order valence-corrected chi connectivity index (χ4v) is 4.35. The van der Waals surface area contributed by atoms with E-state index < -0.39 is 36.2 Å². The monoisotopic (exact) mass is 597 g/mol. The number of hydrogen-bond acceptors (Lipinski definition) is 10. The molecule has 14 nitrogen and oxygen atoms in total. The van der Waals surface area contributed by atoms with Gasteiger partial charge in [-0.05, 0) is 19.3 Å². The number of carbonyl (C=O) groups excluding carboxylic acids is 3. The summed E-state index contributed by atoms with van der Waals surface area (Å²) in [6.45, 7) is 0.358. The Bertz CT molecular complexity index is 886. The van der Waals surface area contributed by atoms with Crippen molar-refractivity contribution in [1.29, 1.82) is 0 Å². The van der Waals surface area contributed by atoms with E-state index >= 15 is 0 Å². The molecule has 0 aliphatic carbocycles. The van der Waals surface area contributed by atoms with Crippen molar-refractivity contribution >= 4 is 23.6 Å². The largest absolute Gasteiger partial charge is 0.480 e. The Balaban J connectivity index is 1.84. The lowest BCUT2D eigenvalue weighted by Crippen LogP contribution is -2.56. The predicted molar refractivity (Wildman–Crippen MR) is 155 cm³/mol. The van der Waals surface area contributed by atoms with Crippen LogP contribution in [0.1, 0.15) is 109 Å². The second-order valence-electron chi connectivity index (χ2n) is 10.6. The maximum Gasteiger partial charge on any atom is 0.331 e. The highest BCUT2D eigenvalue weighted by atomic mass is 16.5. The van der Waals surface area contributed by atoms with E-state index in [0.29, 0.717) is 19.6 Å². The zero-order chi connectivity index (χ0) is 30.9. The minimum atomic E-state index is -2.22. The molecule has 0 fully saturated rings. The van der Waals surface area contributed by atoms with Gasteiger partial charge in [0.1, 0.15) is 6.61 Å². The summed E-state index contributed by atoms with van der Waals surface area (Å²) < 4.78 is 10.5. The van der Waals surface area contributed by atoms with Crippen molar-refractivity contribution < 1.29 is 33.8 Å². The zero-order valence-corrected chi connectivity index (χ0v) is 24.9. The fourth-order valence-electron chi connectivity index (χ4n) is 4.35. The van der Waals surface area contributed by atoms with Gasteiger partial charge in [-0.25, -0.2) is 4.79 Å². The average molecular weight is 598 g/mol. The highest BCUT2D eigenvalue weighted by Crippen LogP contribution is 2.14. The third-order valence-electron chi connectivity index (χ3n) is 7.01. The molecule has 1 unspecified atom stereocenters. The van der Waals surface area contributed by atoms with E-state index in [1.807, 2.05) is 0 Å². The van der Waals surface area contributed by atoms with Crippen LogP contribution in [0.2, 0.25) is 0 Å². The topological polar surface area (TPSA) is 226 Å². The molecule has 0 saturated heterocycles. The highest BCUT2D eigenvalue weighted by Gasteiger charge is 2.41. The Hall–Kier alpha value is -2.97. The van der Waals surface area contributed by atoms with Gasteiger partial charge in [0.2, 0.25) is 11.8 Å².